The first-order valence-electron chi connectivity index (χ1n) is 9.60. The summed E-state index contributed by atoms with van der Waals surface area (Å²) in [6.07, 6.45) is 5.19. The fraction of sp³-hybridized carbons (Fsp3) is 0.600. The first-order valence-corrected chi connectivity index (χ1v) is 9.60. The lowest BCUT2D eigenvalue weighted by atomic mass is 9.79. The van der Waals surface area contributed by atoms with Gasteiger partial charge >= 0.3 is 0 Å². The molecule has 3 aliphatic heterocycles. The molecule has 4 fully saturated rings. The van der Waals surface area contributed by atoms with Crippen LogP contribution >= 0.6 is 0 Å². The summed E-state index contributed by atoms with van der Waals surface area (Å²) in [5, 5.41) is 3.30. The Morgan fingerprint density at radius 2 is 2.08 bits per heavy atom. The van der Waals surface area contributed by atoms with Crippen LogP contribution < -0.4 is 5.32 Å². The molecule has 1 amide bonds. The smallest absolute Gasteiger partial charge is 0.224 e. The summed E-state index contributed by atoms with van der Waals surface area (Å²) in [4.78, 5) is 19.6. The molecule has 6 rings (SSSR count). The van der Waals surface area contributed by atoms with E-state index in [2.05, 4.69) is 22.1 Å². The Balaban J connectivity index is 1.28. The predicted octanol–water partition coefficient (Wildman–Crippen LogP) is 2.85. The molecule has 0 radical (unpaired) electrons. The zero-order valence-electron chi connectivity index (χ0n) is 14.7. The molecule has 2 bridgehead atoms. The molecule has 5 nitrogen and oxygen atoms in total. The standard InChI is InChI=1S/C20H25N3O2/c1-12-19(14-6-8-23(12)9-7-14)22-18(24)11-13-2-5-16-17(10-13)25-20(21-16)15-3-4-15/h2,5,10,12,14-15,19H,3-4,6-9,11H2,1H3,(H,22,24)/t12-,19+/m1/s1. The lowest BCUT2D eigenvalue weighted by molar-refractivity contribution is -0.123. The number of carbonyl (C=O) groups excluding carboxylic acids is 1. The van der Waals surface area contributed by atoms with Gasteiger partial charge in [0.15, 0.2) is 11.5 Å². The fourth-order valence-electron chi connectivity index (χ4n) is 4.57. The number of piperidine rings is 3. The lowest BCUT2D eigenvalue weighted by Crippen LogP contribution is -2.62. The second kappa shape index (κ2) is 5.84. The molecule has 2 aromatic rings. The summed E-state index contributed by atoms with van der Waals surface area (Å²) in [5.74, 6) is 2.13. The maximum absolute atomic E-state index is 12.6. The summed E-state index contributed by atoms with van der Waals surface area (Å²) < 4.78 is 5.87. The van der Waals surface area contributed by atoms with Crippen LogP contribution in [-0.2, 0) is 11.2 Å². The van der Waals surface area contributed by atoms with Gasteiger partial charge in [0.2, 0.25) is 5.91 Å². The van der Waals surface area contributed by atoms with Crippen molar-refractivity contribution in [2.24, 2.45) is 5.92 Å². The number of rotatable bonds is 4. The van der Waals surface area contributed by atoms with E-state index < -0.39 is 0 Å². The summed E-state index contributed by atoms with van der Waals surface area (Å²) in [5.41, 5.74) is 2.71. The first kappa shape index (κ1) is 15.4. The normalized spacial score (nSPS) is 31.4. The predicted molar refractivity (Wildman–Crippen MR) is 95.4 cm³/mol. The number of amides is 1. The third-order valence-electron chi connectivity index (χ3n) is 6.27. The third-order valence-corrected chi connectivity index (χ3v) is 6.27. The van der Waals surface area contributed by atoms with Gasteiger partial charge in [-0.15, -0.1) is 0 Å². The van der Waals surface area contributed by atoms with E-state index >= 15 is 0 Å². The maximum atomic E-state index is 12.6. The third kappa shape index (κ3) is 2.84. The van der Waals surface area contributed by atoms with Crippen LogP contribution in [0.3, 0.4) is 0 Å². The van der Waals surface area contributed by atoms with Gasteiger partial charge in [-0.2, -0.15) is 0 Å². The van der Waals surface area contributed by atoms with E-state index in [1.807, 2.05) is 18.2 Å². The van der Waals surface area contributed by atoms with Gasteiger partial charge in [-0.3, -0.25) is 9.69 Å². The summed E-state index contributed by atoms with van der Waals surface area (Å²) in [6, 6.07) is 6.71. The van der Waals surface area contributed by atoms with Gasteiger partial charge in [0.25, 0.3) is 0 Å². The maximum Gasteiger partial charge on any atom is 0.224 e. The molecule has 1 aromatic heterocycles. The minimum atomic E-state index is 0.117. The van der Waals surface area contributed by atoms with Gasteiger partial charge in [0, 0.05) is 18.0 Å². The van der Waals surface area contributed by atoms with Crippen molar-refractivity contribution in [3.05, 3.63) is 29.7 Å². The molecular formula is C20H25N3O2. The van der Waals surface area contributed by atoms with Crippen LogP contribution in [0.15, 0.2) is 22.6 Å². The second-order valence-corrected chi connectivity index (χ2v) is 8.01. The number of oxazole rings is 1. The number of benzene rings is 1. The molecule has 1 saturated carbocycles. The number of nitrogens with one attached hydrogen (secondary N) is 1. The van der Waals surface area contributed by atoms with E-state index in [4.69, 9.17) is 4.42 Å². The van der Waals surface area contributed by atoms with Gasteiger partial charge < -0.3 is 9.73 Å². The summed E-state index contributed by atoms with van der Waals surface area (Å²) in [6.45, 7) is 4.61. The van der Waals surface area contributed by atoms with Crippen LogP contribution in [0.4, 0.5) is 0 Å². The lowest BCUT2D eigenvalue weighted by Gasteiger charge is -2.50. The average molecular weight is 339 g/mol. The molecule has 4 heterocycles. The van der Waals surface area contributed by atoms with Crippen molar-refractivity contribution in [2.75, 3.05) is 13.1 Å². The highest BCUT2D eigenvalue weighted by molar-refractivity contribution is 5.81. The molecule has 2 atom stereocenters. The zero-order chi connectivity index (χ0) is 17.0. The number of fused-ring (bicyclic) bond motifs is 4. The second-order valence-electron chi connectivity index (χ2n) is 8.01. The van der Waals surface area contributed by atoms with Crippen molar-refractivity contribution >= 4 is 17.0 Å². The molecule has 1 aliphatic carbocycles. The molecule has 0 spiro atoms. The van der Waals surface area contributed by atoms with Gasteiger partial charge in [-0.1, -0.05) is 6.07 Å². The molecule has 1 N–H and O–H groups in total. The minimum Gasteiger partial charge on any atom is -0.440 e. The number of carbonyl (C=O) groups is 1. The van der Waals surface area contributed by atoms with Crippen LogP contribution in [0.25, 0.3) is 11.1 Å². The Labute approximate surface area is 147 Å². The molecule has 1 aromatic carbocycles. The molecule has 132 valence electrons. The highest BCUT2D eigenvalue weighted by Gasteiger charge is 2.40. The van der Waals surface area contributed by atoms with Crippen LogP contribution in [-0.4, -0.2) is 41.0 Å². The van der Waals surface area contributed by atoms with E-state index in [0.717, 1.165) is 22.6 Å². The minimum absolute atomic E-state index is 0.117. The van der Waals surface area contributed by atoms with Gasteiger partial charge in [0.05, 0.1) is 6.42 Å². The van der Waals surface area contributed by atoms with Gasteiger partial charge in [-0.05, 0) is 69.3 Å². The first-order chi connectivity index (χ1) is 12.2. The summed E-state index contributed by atoms with van der Waals surface area (Å²) in [7, 11) is 0. The van der Waals surface area contributed by atoms with Crippen molar-refractivity contribution in [2.45, 2.75) is 57.0 Å². The number of hydrogen-bond acceptors (Lipinski definition) is 4. The Morgan fingerprint density at radius 1 is 1.28 bits per heavy atom. The molecule has 25 heavy (non-hydrogen) atoms. The molecule has 5 heteroatoms. The van der Waals surface area contributed by atoms with E-state index in [-0.39, 0.29) is 5.91 Å². The van der Waals surface area contributed by atoms with Gasteiger partial charge in [0.1, 0.15) is 5.52 Å². The molecule has 4 aliphatic rings. The highest BCUT2D eigenvalue weighted by atomic mass is 16.3. The number of aromatic nitrogens is 1. The van der Waals surface area contributed by atoms with E-state index in [1.54, 1.807) is 0 Å². The van der Waals surface area contributed by atoms with E-state index in [0.29, 0.717) is 30.3 Å². The van der Waals surface area contributed by atoms with Crippen molar-refractivity contribution in [1.29, 1.82) is 0 Å². The van der Waals surface area contributed by atoms with E-state index in [1.165, 1.54) is 38.8 Å². The Kier molecular flexibility index (Phi) is 3.59. The van der Waals surface area contributed by atoms with Crippen LogP contribution in [0, 0.1) is 5.92 Å². The van der Waals surface area contributed by atoms with Crippen molar-refractivity contribution in [3.8, 4) is 0 Å². The monoisotopic (exact) mass is 339 g/mol. The van der Waals surface area contributed by atoms with Gasteiger partial charge in [-0.25, -0.2) is 4.98 Å². The van der Waals surface area contributed by atoms with E-state index in [9.17, 15) is 4.79 Å². The highest BCUT2D eigenvalue weighted by Crippen LogP contribution is 2.40. The molecular weight excluding hydrogens is 314 g/mol. The molecule has 3 saturated heterocycles. The molecule has 0 unspecified atom stereocenters. The Morgan fingerprint density at radius 3 is 2.80 bits per heavy atom. The van der Waals surface area contributed by atoms with Crippen molar-refractivity contribution < 1.29 is 9.21 Å². The summed E-state index contributed by atoms with van der Waals surface area (Å²) >= 11 is 0. The Hall–Kier alpha value is -1.88. The Bertz CT molecular complexity index is 800. The fourth-order valence-corrected chi connectivity index (χ4v) is 4.57. The van der Waals surface area contributed by atoms with Crippen LogP contribution in [0.2, 0.25) is 0 Å². The zero-order valence-corrected chi connectivity index (χ0v) is 14.7. The van der Waals surface area contributed by atoms with Crippen LogP contribution in [0.1, 0.15) is 50.0 Å². The van der Waals surface area contributed by atoms with Crippen molar-refractivity contribution in [3.63, 3.8) is 0 Å². The topological polar surface area (TPSA) is 58.4 Å². The van der Waals surface area contributed by atoms with Crippen molar-refractivity contribution in [1.82, 2.24) is 15.2 Å². The number of hydrogen-bond donors (Lipinski definition) is 1. The largest absolute Gasteiger partial charge is 0.440 e. The number of nitrogens with zero attached hydrogens (tertiary/aromatic N) is 2. The van der Waals surface area contributed by atoms with Crippen LogP contribution in [0.5, 0.6) is 0 Å². The quantitative estimate of drug-likeness (QED) is 0.930. The SMILES string of the molecule is C[C@@H]1[C@H](NC(=O)Cc2ccc3nc(C4CC4)oc3c2)C2CCN1CC2. The average Bonchev–Trinajstić information content (AvgIpc) is 3.38.